The standard InChI is InChI=1S/C30H25N.2C11H10/c1-4-9-26-22(5-2)16-19-29-30(26)27-20-24(23-14-12-21(3)13-15-23)17-18-28(27)31(29)25-10-7-6-8-11-25;1-9-5-4-7-10-6-2-3-8-11(9)10;1-9-6-7-10-4-2-3-5-11(10)8-9/h4-20H,2H2,1,3H3;2*2-8H,1H3/b9-4-;;. The number of fused-ring (bicyclic) bond motifs is 5. The Bertz CT molecular complexity index is 2700. The van der Waals surface area contributed by atoms with E-state index in [9.17, 15) is 0 Å². The van der Waals surface area contributed by atoms with Crippen molar-refractivity contribution in [3.8, 4) is 16.8 Å². The molecule has 8 aromatic carbocycles. The van der Waals surface area contributed by atoms with E-state index in [0.717, 1.165) is 5.56 Å². The molecule has 1 aromatic heterocycles. The average molecular weight is 684 g/mol. The molecule has 0 N–H and O–H groups in total. The monoisotopic (exact) mass is 683 g/mol. The van der Waals surface area contributed by atoms with Crippen LogP contribution in [-0.4, -0.2) is 4.57 Å². The van der Waals surface area contributed by atoms with Gasteiger partial charge >= 0.3 is 0 Å². The lowest BCUT2D eigenvalue weighted by molar-refractivity contribution is 1.18. The zero-order chi connectivity index (χ0) is 36.7. The van der Waals surface area contributed by atoms with Crippen LogP contribution >= 0.6 is 0 Å². The molecule has 0 amide bonds. The highest BCUT2D eigenvalue weighted by Gasteiger charge is 2.17. The molecule has 9 aromatic rings. The van der Waals surface area contributed by atoms with Gasteiger partial charge in [-0.3, -0.25) is 0 Å². The first-order chi connectivity index (χ1) is 25.9. The first kappa shape index (κ1) is 35.0. The maximum atomic E-state index is 4.06. The van der Waals surface area contributed by atoms with E-state index in [-0.39, 0.29) is 0 Å². The second kappa shape index (κ2) is 15.8. The van der Waals surface area contributed by atoms with E-state index in [1.807, 2.05) is 6.08 Å². The summed E-state index contributed by atoms with van der Waals surface area (Å²) in [5.74, 6) is 0. The number of nitrogens with zero attached hydrogens (tertiary/aromatic N) is 1. The summed E-state index contributed by atoms with van der Waals surface area (Å²) in [6, 6.07) is 60.3. The summed E-state index contributed by atoms with van der Waals surface area (Å²) in [6.45, 7) is 12.5. The summed E-state index contributed by atoms with van der Waals surface area (Å²) < 4.78 is 2.36. The van der Waals surface area contributed by atoms with Gasteiger partial charge in [-0.2, -0.15) is 0 Å². The summed E-state index contributed by atoms with van der Waals surface area (Å²) in [5.41, 5.74) is 12.4. The van der Waals surface area contributed by atoms with Crippen LogP contribution in [0.15, 0.2) is 183 Å². The minimum atomic E-state index is 1.15. The van der Waals surface area contributed by atoms with Gasteiger partial charge in [0.25, 0.3) is 0 Å². The lowest BCUT2D eigenvalue weighted by atomic mass is 9.97. The van der Waals surface area contributed by atoms with E-state index in [1.165, 1.54) is 82.4 Å². The van der Waals surface area contributed by atoms with E-state index in [0.29, 0.717) is 0 Å². The smallest absolute Gasteiger partial charge is 0.0547 e. The van der Waals surface area contributed by atoms with Crippen molar-refractivity contribution in [2.24, 2.45) is 0 Å². The predicted octanol–water partition coefficient (Wildman–Crippen LogP) is 14.7. The molecule has 258 valence electrons. The van der Waals surface area contributed by atoms with E-state index >= 15 is 0 Å². The highest BCUT2D eigenvalue weighted by atomic mass is 15.0. The van der Waals surface area contributed by atoms with Crippen molar-refractivity contribution in [1.82, 2.24) is 4.57 Å². The second-order valence-electron chi connectivity index (χ2n) is 13.6. The van der Waals surface area contributed by atoms with Crippen LogP contribution in [0.5, 0.6) is 0 Å². The number of aryl methyl sites for hydroxylation is 3. The fourth-order valence-corrected chi connectivity index (χ4v) is 7.16. The van der Waals surface area contributed by atoms with Crippen LogP contribution in [0.4, 0.5) is 0 Å². The normalized spacial score (nSPS) is 11.0. The first-order valence-corrected chi connectivity index (χ1v) is 18.3. The van der Waals surface area contributed by atoms with Crippen molar-refractivity contribution in [3.63, 3.8) is 0 Å². The summed E-state index contributed by atoms with van der Waals surface area (Å²) in [6.07, 6.45) is 6.26. The zero-order valence-corrected chi connectivity index (χ0v) is 31.1. The number of hydrogen-bond donors (Lipinski definition) is 0. The van der Waals surface area contributed by atoms with Crippen LogP contribution in [0.1, 0.15) is 34.7 Å². The van der Waals surface area contributed by atoms with Gasteiger partial charge in [0.05, 0.1) is 11.0 Å². The van der Waals surface area contributed by atoms with E-state index in [1.54, 1.807) is 0 Å². The molecule has 9 rings (SSSR count). The maximum Gasteiger partial charge on any atom is 0.0547 e. The van der Waals surface area contributed by atoms with Gasteiger partial charge in [0.1, 0.15) is 0 Å². The number of benzene rings is 8. The molecular formula is C52H45N. The quantitative estimate of drug-likeness (QED) is 0.174. The molecule has 0 radical (unpaired) electrons. The Morgan fingerprint density at radius 1 is 0.491 bits per heavy atom. The molecule has 0 spiro atoms. The molecular weight excluding hydrogens is 639 g/mol. The minimum Gasteiger partial charge on any atom is -0.309 e. The van der Waals surface area contributed by atoms with Gasteiger partial charge in [-0.25, -0.2) is 0 Å². The Morgan fingerprint density at radius 3 is 1.87 bits per heavy atom. The second-order valence-corrected chi connectivity index (χ2v) is 13.6. The topological polar surface area (TPSA) is 4.93 Å². The van der Waals surface area contributed by atoms with Gasteiger partial charge in [0, 0.05) is 16.5 Å². The lowest BCUT2D eigenvalue weighted by Gasteiger charge is -2.09. The highest BCUT2D eigenvalue weighted by molar-refractivity contribution is 6.14. The van der Waals surface area contributed by atoms with Crippen molar-refractivity contribution in [2.75, 3.05) is 0 Å². The maximum absolute atomic E-state index is 4.06. The average Bonchev–Trinajstić information content (AvgIpc) is 3.53. The molecule has 0 unspecified atom stereocenters. The SMILES string of the molecule is C=Cc1ccc2c(c1/C=C\C)c1cc(-c3ccc(C)cc3)ccc1n2-c1ccccc1.Cc1ccc2ccccc2c1.Cc1cccc2ccccc12. The van der Waals surface area contributed by atoms with Crippen LogP contribution in [0, 0.1) is 20.8 Å². The van der Waals surface area contributed by atoms with Crippen molar-refractivity contribution in [2.45, 2.75) is 27.7 Å². The van der Waals surface area contributed by atoms with Gasteiger partial charge in [0.15, 0.2) is 0 Å². The fraction of sp³-hybridized carbons (Fsp3) is 0.0769. The van der Waals surface area contributed by atoms with Gasteiger partial charge in [-0.05, 0) is 107 Å². The van der Waals surface area contributed by atoms with Gasteiger partial charge in [-0.1, -0.05) is 175 Å². The van der Waals surface area contributed by atoms with Crippen LogP contribution in [0.2, 0.25) is 0 Å². The van der Waals surface area contributed by atoms with Gasteiger partial charge in [-0.15, -0.1) is 0 Å². The number of allylic oxidation sites excluding steroid dienone is 1. The molecule has 1 heterocycles. The Morgan fingerprint density at radius 2 is 1.13 bits per heavy atom. The summed E-state index contributed by atoms with van der Waals surface area (Å²) >= 11 is 0. The third kappa shape index (κ3) is 7.47. The molecule has 53 heavy (non-hydrogen) atoms. The molecule has 0 fully saturated rings. The van der Waals surface area contributed by atoms with E-state index in [2.05, 4.69) is 221 Å². The Hall–Kier alpha value is -6.44. The Kier molecular flexibility index (Phi) is 10.5. The summed E-state index contributed by atoms with van der Waals surface area (Å²) in [4.78, 5) is 0. The van der Waals surface area contributed by atoms with E-state index < -0.39 is 0 Å². The van der Waals surface area contributed by atoms with Crippen molar-refractivity contribution in [1.29, 1.82) is 0 Å². The van der Waals surface area contributed by atoms with Crippen molar-refractivity contribution in [3.05, 3.63) is 210 Å². The summed E-state index contributed by atoms with van der Waals surface area (Å²) in [5, 5.41) is 7.85. The third-order valence-corrected chi connectivity index (χ3v) is 9.87. The van der Waals surface area contributed by atoms with Crippen LogP contribution in [-0.2, 0) is 0 Å². The molecule has 1 heteroatoms. The fourth-order valence-electron chi connectivity index (χ4n) is 7.16. The number of aromatic nitrogens is 1. The predicted molar refractivity (Wildman–Crippen MR) is 233 cm³/mol. The molecule has 1 nitrogen and oxygen atoms in total. The molecule has 0 saturated carbocycles. The first-order valence-electron chi connectivity index (χ1n) is 18.3. The molecule has 0 bridgehead atoms. The van der Waals surface area contributed by atoms with Crippen LogP contribution in [0.3, 0.4) is 0 Å². The number of para-hydroxylation sites is 1. The molecule has 0 atom stereocenters. The summed E-state index contributed by atoms with van der Waals surface area (Å²) in [7, 11) is 0. The van der Waals surface area contributed by atoms with Crippen LogP contribution in [0.25, 0.3) is 72.3 Å². The largest absolute Gasteiger partial charge is 0.309 e. The minimum absolute atomic E-state index is 1.15. The molecule has 0 aliphatic rings. The number of rotatable bonds is 4. The number of hydrogen-bond acceptors (Lipinski definition) is 0. The zero-order valence-electron chi connectivity index (χ0n) is 31.1. The Labute approximate surface area is 313 Å². The van der Waals surface area contributed by atoms with Gasteiger partial charge < -0.3 is 4.57 Å². The highest BCUT2D eigenvalue weighted by Crippen LogP contribution is 2.38. The van der Waals surface area contributed by atoms with Crippen molar-refractivity contribution >= 4 is 55.5 Å². The molecule has 0 saturated heterocycles. The molecule has 0 aliphatic heterocycles. The van der Waals surface area contributed by atoms with Crippen LogP contribution < -0.4 is 0 Å². The van der Waals surface area contributed by atoms with E-state index in [4.69, 9.17) is 0 Å². The Balaban J connectivity index is 0.000000159. The third-order valence-electron chi connectivity index (χ3n) is 9.87. The van der Waals surface area contributed by atoms with Crippen molar-refractivity contribution < 1.29 is 0 Å². The lowest BCUT2D eigenvalue weighted by Crippen LogP contribution is -1.93. The van der Waals surface area contributed by atoms with Gasteiger partial charge in [0.2, 0.25) is 0 Å². The molecule has 0 aliphatic carbocycles.